The molecular weight excluding hydrogens is 411 g/mol. The molecular formula is C12H14BrIN2O2. The van der Waals surface area contributed by atoms with E-state index in [0.29, 0.717) is 0 Å². The fraction of sp³-hybridized carbons (Fsp3) is 0.333. The summed E-state index contributed by atoms with van der Waals surface area (Å²) in [5.41, 5.74) is 3.65. The predicted octanol–water partition coefficient (Wildman–Crippen LogP) is 2.93. The molecule has 4 nitrogen and oxygen atoms in total. The number of hydrazone groups is 1. The fourth-order valence-corrected chi connectivity index (χ4v) is 2.23. The van der Waals surface area contributed by atoms with Crippen molar-refractivity contribution in [2.24, 2.45) is 5.10 Å². The van der Waals surface area contributed by atoms with Gasteiger partial charge in [-0.05, 0) is 54.6 Å². The summed E-state index contributed by atoms with van der Waals surface area (Å²) in [5.74, 6) is -0.435. The minimum Gasteiger partial charge on any atom is -0.458 e. The first-order valence-electron chi connectivity index (χ1n) is 5.36. The van der Waals surface area contributed by atoms with Crippen LogP contribution in [0.15, 0.2) is 27.8 Å². The summed E-state index contributed by atoms with van der Waals surface area (Å²) < 4.78 is 7.01. The van der Waals surface area contributed by atoms with Crippen molar-refractivity contribution in [1.29, 1.82) is 0 Å². The highest BCUT2D eigenvalue weighted by molar-refractivity contribution is 14.1. The lowest BCUT2D eigenvalue weighted by Gasteiger charge is -2.11. The third kappa shape index (κ3) is 4.24. The highest BCUT2D eigenvalue weighted by Gasteiger charge is 2.20. The van der Waals surface area contributed by atoms with Gasteiger partial charge >= 0.3 is 5.97 Å². The van der Waals surface area contributed by atoms with E-state index in [1.165, 1.54) is 0 Å². The number of carbonyl (C=O) groups is 1. The largest absolute Gasteiger partial charge is 0.458 e. The van der Waals surface area contributed by atoms with Crippen molar-refractivity contribution in [1.82, 2.24) is 5.43 Å². The molecule has 6 heteroatoms. The van der Waals surface area contributed by atoms with Gasteiger partial charge in [0.05, 0.1) is 6.10 Å². The van der Waals surface area contributed by atoms with Crippen LogP contribution < -0.4 is 5.43 Å². The number of benzene rings is 1. The molecule has 0 fully saturated rings. The number of hydrogen-bond donors (Lipinski definition) is 1. The number of halogens is 2. The molecule has 18 heavy (non-hydrogen) atoms. The first-order chi connectivity index (χ1) is 8.45. The number of hydrogen-bond acceptors (Lipinski definition) is 4. The Kier molecular flexibility index (Phi) is 6.07. The molecule has 0 atom stereocenters. The molecule has 0 aliphatic heterocycles. The van der Waals surface area contributed by atoms with Crippen molar-refractivity contribution in [3.05, 3.63) is 31.8 Å². The van der Waals surface area contributed by atoms with E-state index in [1.807, 2.05) is 18.2 Å². The number of esters is 1. The van der Waals surface area contributed by atoms with Gasteiger partial charge < -0.3 is 10.2 Å². The van der Waals surface area contributed by atoms with Crippen molar-refractivity contribution in [3.63, 3.8) is 0 Å². The van der Waals surface area contributed by atoms with E-state index in [9.17, 15) is 4.79 Å². The third-order valence-corrected chi connectivity index (χ3v) is 3.38. The molecule has 1 aromatic carbocycles. The van der Waals surface area contributed by atoms with Crippen LogP contribution in [0.4, 0.5) is 0 Å². The normalized spacial score (nSPS) is 11.6. The fourth-order valence-electron chi connectivity index (χ4n) is 1.28. The molecule has 1 N–H and O–H groups in total. The van der Waals surface area contributed by atoms with Crippen LogP contribution in [0, 0.1) is 3.57 Å². The van der Waals surface area contributed by atoms with Crippen LogP contribution in [0.25, 0.3) is 0 Å². The van der Waals surface area contributed by atoms with Gasteiger partial charge in [-0.2, -0.15) is 5.10 Å². The molecule has 1 aromatic rings. The quantitative estimate of drug-likeness (QED) is 0.350. The maximum atomic E-state index is 12.0. The Hall–Kier alpha value is -0.630. The highest BCUT2D eigenvalue weighted by Crippen LogP contribution is 2.20. The monoisotopic (exact) mass is 424 g/mol. The van der Waals surface area contributed by atoms with Crippen LogP contribution in [0.3, 0.4) is 0 Å². The minimum absolute atomic E-state index is 0.177. The molecule has 1 rings (SSSR count). The average molecular weight is 425 g/mol. The second-order valence-electron chi connectivity index (χ2n) is 3.76. The van der Waals surface area contributed by atoms with Crippen molar-refractivity contribution in [3.8, 4) is 0 Å². The number of carbonyl (C=O) groups excluding carboxylic acids is 1. The topological polar surface area (TPSA) is 50.7 Å². The van der Waals surface area contributed by atoms with Crippen LogP contribution in [0.1, 0.15) is 19.4 Å². The Labute approximate surface area is 128 Å². The van der Waals surface area contributed by atoms with Gasteiger partial charge in [0.2, 0.25) is 0 Å². The van der Waals surface area contributed by atoms with Crippen LogP contribution in [-0.2, 0) is 9.53 Å². The first-order valence-corrected chi connectivity index (χ1v) is 7.23. The Morgan fingerprint density at radius 2 is 2.17 bits per heavy atom. The Morgan fingerprint density at radius 1 is 1.50 bits per heavy atom. The lowest BCUT2D eigenvalue weighted by Crippen LogP contribution is -2.25. The Balaban J connectivity index is 3.16. The summed E-state index contributed by atoms with van der Waals surface area (Å²) in [4.78, 5) is 12.0. The van der Waals surface area contributed by atoms with Gasteiger partial charge in [0.1, 0.15) is 0 Å². The van der Waals surface area contributed by atoms with E-state index in [0.717, 1.165) is 13.6 Å². The number of nitrogens with zero attached hydrogens (tertiary/aromatic N) is 1. The van der Waals surface area contributed by atoms with Crippen molar-refractivity contribution in [2.45, 2.75) is 20.0 Å². The molecule has 0 saturated carbocycles. The number of rotatable bonds is 4. The molecule has 0 aromatic heterocycles. The van der Waals surface area contributed by atoms with E-state index < -0.39 is 5.97 Å². The minimum atomic E-state index is -0.435. The summed E-state index contributed by atoms with van der Waals surface area (Å²) in [6.07, 6.45) is -0.177. The lowest BCUT2D eigenvalue weighted by molar-refractivity contribution is -0.139. The summed E-state index contributed by atoms with van der Waals surface area (Å²) in [6, 6.07) is 5.67. The van der Waals surface area contributed by atoms with E-state index in [-0.39, 0.29) is 11.8 Å². The van der Waals surface area contributed by atoms with Gasteiger partial charge in [-0.1, -0.05) is 15.9 Å². The van der Waals surface area contributed by atoms with Crippen molar-refractivity contribution < 1.29 is 9.53 Å². The maximum absolute atomic E-state index is 12.0. The molecule has 0 saturated heterocycles. The molecule has 0 radical (unpaired) electrons. The Bertz CT molecular complexity index is 475. The third-order valence-electron chi connectivity index (χ3n) is 1.94. The van der Waals surface area contributed by atoms with Gasteiger partial charge in [0.25, 0.3) is 0 Å². The summed E-state index contributed by atoms with van der Waals surface area (Å²) >= 11 is 5.55. The summed E-state index contributed by atoms with van der Waals surface area (Å²) in [7, 11) is 1.65. The summed E-state index contributed by atoms with van der Waals surface area (Å²) in [5, 5.41) is 4.02. The van der Waals surface area contributed by atoms with Crippen LogP contribution in [0.2, 0.25) is 0 Å². The number of nitrogens with one attached hydrogen (secondary N) is 1. The smallest absolute Gasteiger partial charge is 0.359 e. The molecule has 0 aliphatic carbocycles. The first kappa shape index (κ1) is 15.4. The number of ether oxygens (including phenoxy) is 1. The van der Waals surface area contributed by atoms with E-state index >= 15 is 0 Å². The van der Waals surface area contributed by atoms with Gasteiger partial charge in [0, 0.05) is 20.7 Å². The SMILES string of the molecule is CN/N=C(\C(=O)OC(C)C)c1cc(Br)ccc1I. The molecule has 0 spiro atoms. The van der Waals surface area contributed by atoms with E-state index in [2.05, 4.69) is 49.0 Å². The maximum Gasteiger partial charge on any atom is 0.359 e. The second kappa shape index (κ2) is 7.08. The lowest BCUT2D eigenvalue weighted by atomic mass is 10.1. The molecule has 0 unspecified atom stereocenters. The standard InChI is InChI=1S/C12H14BrIN2O2/c1-7(2)18-12(17)11(16-15-3)9-6-8(13)4-5-10(9)14/h4-7,15H,1-3H3/b16-11-. The average Bonchev–Trinajstić information content (AvgIpc) is 2.28. The van der Waals surface area contributed by atoms with Crippen molar-refractivity contribution >= 4 is 50.2 Å². The van der Waals surface area contributed by atoms with Crippen LogP contribution in [-0.4, -0.2) is 24.8 Å². The van der Waals surface area contributed by atoms with E-state index in [4.69, 9.17) is 4.74 Å². The zero-order chi connectivity index (χ0) is 13.7. The van der Waals surface area contributed by atoms with Gasteiger partial charge in [-0.3, -0.25) is 0 Å². The molecule has 0 bridgehead atoms. The molecule has 98 valence electrons. The predicted molar refractivity (Wildman–Crippen MR) is 83.7 cm³/mol. The molecule has 0 aliphatic rings. The Morgan fingerprint density at radius 3 is 2.72 bits per heavy atom. The van der Waals surface area contributed by atoms with Crippen molar-refractivity contribution in [2.75, 3.05) is 7.05 Å². The van der Waals surface area contributed by atoms with Gasteiger partial charge in [0.15, 0.2) is 5.71 Å². The van der Waals surface area contributed by atoms with Crippen LogP contribution in [0.5, 0.6) is 0 Å². The van der Waals surface area contributed by atoms with Gasteiger partial charge in [-0.25, -0.2) is 4.79 Å². The van der Waals surface area contributed by atoms with E-state index in [1.54, 1.807) is 20.9 Å². The zero-order valence-electron chi connectivity index (χ0n) is 10.3. The highest BCUT2D eigenvalue weighted by atomic mass is 127. The second-order valence-corrected chi connectivity index (χ2v) is 5.84. The summed E-state index contributed by atoms with van der Waals surface area (Å²) in [6.45, 7) is 3.61. The van der Waals surface area contributed by atoms with Gasteiger partial charge in [-0.15, -0.1) is 0 Å². The zero-order valence-corrected chi connectivity index (χ0v) is 14.1. The molecule has 0 heterocycles. The molecule has 0 amide bonds. The van der Waals surface area contributed by atoms with Crippen LogP contribution >= 0.6 is 38.5 Å².